The number of nitrogens with one attached hydrogen (secondary N) is 2. The van der Waals surface area contributed by atoms with E-state index in [0.717, 1.165) is 6.16 Å². The van der Waals surface area contributed by atoms with Crippen LogP contribution in [-0.2, 0) is 34.8 Å². The molecule has 0 aliphatic rings. The van der Waals surface area contributed by atoms with Gasteiger partial charge in [0.2, 0.25) is 0 Å². The van der Waals surface area contributed by atoms with Crippen LogP contribution in [0.3, 0.4) is 0 Å². The van der Waals surface area contributed by atoms with Crippen LogP contribution >= 0.6 is 0 Å². The molecule has 0 bridgehead atoms. The van der Waals surface area contributed by atoms with Crippen molar-refractivity contribution in [3.63, 3.8) is 0 Å². The van der Waals surface area contributed by atoms with Crippen molar-refractivity contribution in [3.05, 3.63) is 0 Å². The van der Waals surface area contributed by atoms with Crippen LogP contribution in [0.15, 0.2) is 0 Å². The third-order valence-corrected chi connectivity index (χ3v) is 6.44. The van der Waals surface area contributed by atoms with Crippen molar-refractivity contribution in [1.82, 2.24) is 6.16 Å². The maximum atomic E-state index is 12.2. The fourth-order valence-corrected chi connectivity index (χ4v) is 4.67. The Labute approximate surface area is 142 Å². The van der Waals surface area contributed by atoms with Gasteiger partial charge in [-0.05, 0) is 0 Å². The Morgan fingerprint density at radius 2 is 0.760 bits per heavy atom. The molecule has 0 aromatic rings. The second-order valence-corrected chi connectivity index (χ2v) is 8.41. The molecule has 0 spiro atoms. The third kappa shape index (κ3) is 7.43. The van der Waals surface area contributed by atoms with Crippen molar-refractivity contribution in [2.45, 2.75) is 24.7 Å². The molecule has 0 radical (unpaired) electrons. The monoisotopic (exact) mass is 590 g/mol. The molecule has 2 N–H and O–H groups in total. The van der Waals surface area contributed by atoms with E-state index in [4.69, 9.17) is 0 Å². The van der Waals surface area contributed by atoms with Crippen molar-refractivity contribution >= 4 is 11.8 Å². The summed E-state index contributed by atoms with van der Waals surface area (Å²) in [4.78, 5) is 21.8. The van der Waals surface area contributed by atoms with Crippen molar-refractivity contribution < 1.29 is 87.5 Å². The molecule has 0 atom stereocenters. The fourth-order valence-electron chi connectivity index (χ4n) is 1.39. The number of hydrogen-bond acceptors (Lipinski definition) is 2. The van der Waals surface area contributed by atoms with Gasteiger partial charge in [-0.2, -0.15) is 0 Å². The summed E-state index contributed by atoms with van der Waals surface area (Å²) in [6.07, 6.45) is -24.4. The molecule has 17 heteroatoms. The zero-order valence-electron chi connectivity index (χ0n) is 11.2. The minimum atomic E-state index is -6.10. The van der Waals surface area contributed by atoms with Crippen LogP contribution in [0.2, 0.25) is 0 Å². The van der Waals surface area contributed by atoms with Gasteiger partial charge in [-0.1, -0.05) is 0 Å². The minimum absolute atomic E-state index is 0.961. The molecule has 0 unspecified atom stereocenters. The van der Waals surface area contributed by atoms with E-state index in [2.05, 4.69) is 0 Å². The number of amides is 2. The molecule has 25 heavy (non-hydrogen) atoms. The van der Waals surface area contributed by atoms with Gasteiger partial charge in [0.15, 0.2) is 0 Å². The second kappa shape index (κ2) is 7.73. The molecule has 0 aliphatic heterocycles. The fraction of sp³-hybridized carbons (Fsp3) is 0.750. The Kier molecular flexibility index (Phi) is 7.43. The molecule has 0 aromatic heterocycles. The molecule has 0 rings (SSSR count). The van der Waals surface area contributed by atoms with Gasteiger partial charge in [0.25, 0.3) is 0 Å². The predicted molar refractivity (Wildman–Crippen MR) is 47.5 cm³/mol. The Morgan fingerprint density at radius 1 is 0.560 bits per heavy atom. The molecular weight excluding hydrogens is 585 g/mol. The van der Waals surface area contributed by atoms with Crippen LogP contribution in [0.4, 0.5) is 52.7 Å². The van der Waals surface area contributed by atoms with E-state index in [1.807, 2.05) is 0 Å². The average Bonchev–Trinajstić information content (AvgIpc) is 2.19. The summed E-state index contributed by atoms with van der Waals surface area (Å²) in [5.74, 6) is -14.5. The van der Waals surface area contributed by atoms with Crippen LogP contribution in [-0.4, -0.2) is 36.5 Å². The summed E-state index contributed by atoms with van der Waals surface area (Å²) in [5.41, 5.74) is 0. The number of carbonyl (C=O) groups excluding carboxylic acids is 2. The van der Waals surface area contributed by atoms with E-state index >= 15 is 0 Å². The molecule has 0 saturated carbocycles. The van der Waals surface area contributed by atoms with Crippen molar-refractivity contribution in [3.8, 4) is 0 Å². The zero-order chi connectivity index (χ0) is 20.4. The van der Waals surface area contributed by atoms with Crippen molar-refractivity contribution in [2.75, 3.05) is 0 Å². The molecule has 2 amide bonds. The topological polar surface area (TPSA) is 58.2 Å². The summed E-state index contributed by atoms with van der Waals surface area (Å²) in [6, 6.07) is 0. The van der Waals surface area contributed by atoms with Crippen LogP contribution in [0, 0.1) is 11.8 Å². The summed E-state index contributed by atoms with van der Waals surface area (Å²) in [5, 5.41) is 0. The van der Waals surface area contributed by atoms with Gasteiger partial charge >= 0.3 is 142 Å². The van der Waals surface area contributed by atoms with Crippen LogP contribution in [0.25, 0.3) is 0 Å². The van der Waals surface area contributed by atoms with E-state index in [1.165, 1.54) is 0 Å². The number of hydrogen-bond donors (Lipinski definition) is 2. The molecule has 0 saturated heterocycles. The molecule has 0 heterocycles. The van der Waals surface area contributed by atoms with Crippen molar-refractivity contribution in [1.29, 1.82) is 0 Å². The Bertz CT molecular complexity index is 421. The summed E-state index contributed by atoms with van der Waals surface area (Å²) >= 11 is -4.02. The summed E-state index contributed by atoms with van der Waals surface area (Å²) in [6.45, 7) is 0. The first-order chi connectivity index (χ1) is 10.8. The zero-order valence-corrected chi connectivity index (χ0v) is 16.7. The number of carbonyl (C=O) groups is 2. The molecule has 0 aliphatic carbocycles. The predicted octanol–water partition coefficient (Wildman–Crippen LogP) is 2.61. The summed E-state index contributed by atoms with van der Waals surface area (Å²) in [7, 11) is 0. The maximum absolute atomic E-state index is 12.2. The molecule has 0 aromatic carbocycles. The van der Waals surface area contributed by atoms with Gasteiger partial charge in [-0.15, -0.1) is 0 Å². The van der Waals surface area contributed by atoms with Gasteiger partial charge in [0.05, 0.1) is 0 Å². The Morgan fingerprint density at radius 3 is 0.920 bits per heavy atom. The van der Waals surface area contributed by atoms with Gasteiger partial charge in [0.1, 0.15) is 0 Å². The van der Waals surface area contributed by atoms with E-state index in [-0.39, 0.29) is 0 Å². The number of rotatable bonds is 4. The van der Waals surface area contributed by atoms with Crippen LogP contribution < -0.4 is 6.16 Å². The third-order valence-electron chi connectivity index (χ3n) is 2.36. The SMILES string of the molecule is O=C([NH][Hg][NH]C(=O)C(C(F)(F)F)C(F)(F)F)C(C(F)(F)F)C(F)(F)F. The van der Waals surface area contributed by atoms with E-state index in [0.29, 0.717) is 0 Å². The first-order valence-corrected chi connectivity index (χ1v) is 11.1. The molecular formula is C8H4F12HgN2O2. The van der Waals surface area contributed by atoms with Crippen LogP contribution in [0.5, 0.6) is 0 Å². The van der Waals surface area contributed by atoms with E-state index in [1.54, 1.807) is 0 Å². The van der Waals surface area contributed by atoms with E-state index < -0.39 is 73.5 Å². The van der Waals surface area contributed by atoms with Gasteiger partial charge in [-0.25, -0.2) is 0 Å². The first kappa shape index (κ1) is 24.0. The van der Waals surface area contributed by atoms with Gasteiger partial charge in [0, 0.05) is 0 Å². The van der Waals surface area contributed by atoms with Gasteiger partial charge < -0.3 is 0 Å². The number of halogens is 12. The first-order valence-electron chi connectivity index (χ1n) is 5.62. The summed E-state index contributed by atoms with van der Waals surface area (Å²) < 4.78 is 148. The second-order valence-electron chi connectivity index (χ2n) is 4.29. The molecule has 4 nitrogen and oxygen atoms in total. The quantitative estimate of drug-likeness (QED) is 0.392. The normalized spacial score (nSPS) is 13.7. The van der Waals surface area contributed by atoms with Crippen LogP contribution in [0.1, 0.15) is 0 Å². The molecule has 0 fully saturated rings. The Balaban J connectivity index is 5.00. The number of alkyl halides is 12. The van der Waals surface area contributed by atoms with Crippen molar-refractivity contribution in [2.24, 2.45) is 11.8 Å². The molecule has 144 valence electrons. The van der Waals surface area contributed by atoms with Gasteiger partial charge in [-0.3, -0.25) is 0 Å². The average molecular weight is 589 g/mol. The Hall–Kier alpha value is -0.965. The van der Waals surface area contributed by atoms with E-state index in [9.17, 15) is 62.3 Å². The standard InChI is InChI=1S/2C4H3F6NO.Hg/c2*5-3(6,7)1(2(11)12)4(8,9)10;/h2*1H,(H2,11,12);/q;;+2/p-2.